The molecule has 3 heteroatoms. The van der Waals surface area contributed by atoms with Crippen LogP contribution in [-0.4, -0.2) is 17.7 Å². The number of hydrogen-bond donors (Lipinski definition) is 3. The van der Waals surface area contributed by atoms with Crippen molar-refractivity contribution in [2.45, 2.75) is 38.3 Å². The van der Waals surface area contributed by atoms with E-state index < -0.39 is 6.10 Å². The summed E-state index contributed by atoms with van der Waals surface area (Å²) >= 11 is 0. The molecule has 0 saturated carbocycles. The van der Waals surface area contributed by atoms with E-state index in [1.165, 1.54) is 6.42 Å². The molecule has 2 unspecified atom stereocenters. The molecule has 0 spiro atoms. The Morgan fingerprint density at radius 1 is 1.56 bits per heavy atom. The summed E-state index contributed by atoms with van der Waals surface area (Å²) < 4.78 is 0. The van der Waals surface area contributed by atoms with E-state index in [0.717, 1.165) is 30.5 Å². The van der Waals surface area contributed by atoms with Gasteiger partial charge in [0.1, 0.15) is 0 Å². The normalized spacial score (nSPS) is 22.2. The summed E-state index contributed by atoms with van der Waals surface area (Å²) in [5.41, 5.74) is 8.59. The molecule has 1 fully saturated rings. The van der Waals surface area contributed by atoms with Crippen molar-refractivity contribution in [1.82, 2.24) is 5.32 Å². The third kappa shape index (κ3) is 2.54. The van der Waals surface area contributed by atoms with E-state index in [4.69, 9.17) is 5.73 Å². The number of aliphatic hydroxyl groups excluding tert-OH is 1. The Hall–Kier alpha value is -1.06. The van der Waals surface area contributed by atoms with Crippen LogP contribution >= 0.6 is 0 Å². The molecular weight excluding hydrogens is 200 g/mol. The molecule has 0 amide bonds. The van der Waals surface area contributed by atoms with Gasteiger partial charge in [-0.15, -0.1) is 0 Å². The Morgan fingerprint density at radius 3 is 3.06 bits per heavy atom. The average molecular weight is 220 g/mol. The Kier molecular flexibility index (Phi) is 3.46. The fraction of sp³-hybridized carbons (Fsp3) is 0.538. The number of benzene rings is 1. The fourth-order valence-corrected chi connectivity index (χ4v) is 2.34. The maximum atomic E-state index is 10.2. The first-order valence-electron chi connectivity index (χ1n) is 5.94. The van der Waals surface area contributed by atoms with Gasteiger partial charge in [0.15, 0.2) is 0 Å². The number of aryl methyl sites for hydroxylation is 1. The van der Waals surface area contributed by atoms with Gasteiger partial charge >= 0.3 is 0 Å². The summed E-state index contributed by atoms with van der Waals surface area (Å²) in [6, 6.07) is 6.26. The predicted octanol–water partition coefficient (Wildman–Crippen LogP) is 1.75. The Labute approximate surface area is 96.7 Å². The molecule has 2 atom stereocenters. The number of rotatable bonds is 3. The summed E-state index contributed by atoms with van der Waals surface area (Å²) in [6.07, 6.45) is 2.67. The van der Waals surface area contributed by atoms with Crippen LogP contribution in [0.4, 0.5) is 5.69 Å². The van der Waals surface area contributed by atoms with Crippen molar-refractivity contribution >= 4 is 5.69 Å². The highest BCUT2D eigenvalue weighted by molar-refractivity contribution is 5.49. The van der Waals surface area contributed by atoms with Gasteiger partial charge in [-0.25, -0.2) is 0 Å². The first-order chi connectivity index (χ1) is 7.66. The van der Waals surface area contributed by atoms with Crippen LogP contribution in [0.25, 0.3) is 0 Å². The molecule has 1 aromatic rings. The molecule has 0 radical (unpaired) electrons. The SMILES string of the molecule is Cc1ccc(N)c(C(O)CC2CCCN2)c1. The van der Waals surface area contributed by atoms with Crippen molar-refractivity contribution in [3.8, 4) is 0 Å². The zero-order valence-electron chi connectivity index (χ0n) is 9.74. The lowest BCUT2D eigenvalue weighted by Gasteiger charge is -2.18. The minimum atomic E-state index is -0.449. The molecule has 0 bridgehead atoms. The first-order valence-corrected chi connectivity index (χ1v) is 5.94. The van der Waals surface area contributed by atoms with Crippen LogP contribution in [0.5, 0.6) is 0 Å². The van der Waals surface area contributed by atoms with Gasteiger partial charge in [0.2, 0.25) is 0 Å². The van der Waals surface area contributed by atoms with Gasteiger partial charge in [0.05, 0.1) is 6.10 Å². The van der Waals surface area contributed by atoms with Gasteiger partial charge in [-0.3, -0.25) is 0 Å². The highest BCUT2D eigenvalue weighted by atomic mass is 16.3. The average Bonchev–Trinajstić information content (AvgIpc) is 2.74. The molecule has 1 aliphatic rings. The lowest BCUT2D eigenvalue weighted by molar-refractivity contribution is 0.155. The molecule has 1 heterocycles. The second kappa shape index (κ2) is 4.85. The zero-order chi connectivity index (χ0) is 11.5. The third-order valence-corrected chi connectivity index (χ3v) is 3.27. The molecular formula is C13H20N2O. The van der Waals surface area contributed by atoms with Crippen LogP contribution in [0, 0.1) is 6.92 Å². The van der Waals surface area contributed by atoms with Crippen LogP contribution in [0.15, 0.2) is 18.2 Å². The summed E-state index contributed by atoms with van der Waals surface area (Å²) in [5.74, 6) is 0. The molecule has 88 valence electrons. The van der Waals surface area contributed by atoms with Crippen molar-refractivity contribution < 1.29 is 5.11 Å². The monoisotopic (exact) mass is 220 g/mol. The molecule has 1 aromatic carbocycles. The van der Waals surface area contributed by atoms with Crippen LogP contribution in [-0.2, 0) is 0 Å². The van der Waals surface area contributed by atoms with Crippen molar-refractivity contribution in [2.24, 2.45) is 0 Å². The third-order valence-electron chi connectivity index (χ3n) is 3.27. The quantitative estimate of drug-likeness (QED) is 0.680. The lowest BCUT2D eigenvalue weighted by Crippen LogP contribution is -2.24. The van der Waals surface area contributed by atoms with Gasteiger partial charge in [-0.05, 0) is 38.8 Å². The number of hydrogen-bond acceptors (Lipinski definition) is 3. The van der Waals surface area contributed by atoms with Crippen molar-refractivity contribution in [3.05, 3.63) is 29.3 Å². The lowest BCUT2D eigenvalue weighted by atomic mass is 9.98. The van der Waals surface area contributed by atoms with E-state index in [1.54, 1.807) is 0 Å². The Balaban J connectivity index is 2.07. The number of nitrogens with two attached hydrogens (primary N) is 1. The predicted molar refractivity (Wildman–Crippen MR) is 66.2 cm³/mol. The van der Waals surface area contributed by atoms with Crippen LogP contribution in [0.3, 0.4) is 0 Å². The van der Waals surface area contributed by atoms with E-state index in [9.17, 15) is 5.11 Å². The minimum Gasteiger partial charge on any atom is -0.398 e. The van der Waals surface area contributed by atoms with E-state index in [0.29, 0.717) is 11.7 Å². The molecule has 1 saturated heterocycles. The standard InChI is InChI=1S/C13H20N2O/c1-9-4-5-12(14)11(7-9)13(16)8-10-3-2-6-15-10/h4-5,7,10,13,15-16H,2-3,6,8,14H2,1H3. The zero-order valence-corrected chi connectivity index (χ0v) is 9.74. The van der Waals surface area contributed by atoms with Gasteiger partial charge in [0, 0.05) is 17.3 Å². The Bertz CT molecular complexity index is 359. The maximum absolute atomic E-state index is 10.2. The summed E-state index contributed by atoms with van der Waals surface area (Å²) in [6.45, 7) is 3.09. The molecule has 0 aliphatic carbocycles. The number of aliphatic hydroxyl groups is 1. The minimum absolute atomic E-state index is 0.440. The molecule has 3 nitrogen and oxygen atoms in total. The van der Waals surface area contributed by atoms with Gasteiger partial charge in [-0.1, -0.05) is 17.7 Å². The summed E-state index contributed by atoms with van der Waals surface area (Å²) in [5, 5.41) is 13.6. The van der Waals surface area contributed by atoms with Gasteiger partial charge in [-0.2, -0.15) is 0 Å². The maximum Gasteiger partial charge on any atom is 0.0824 e. The molecule has 4 N–H and O–H groups in total. The second-order valence-corrected chi connectivity index (χ2v) is 4.68. The smallest absolute Gasteiger partial charge is 0.0824 e. The highest BCUT2D eigenvalue weighted by Gasteiger charge is 2.20. The van der Waals surface area contributed by atoms with Crippen molar-refractivity contribution in [2.75, 3.05) is 12.3 Å². The van der Waals surface area contributed by atoms with E-state index in [-0.39, 0.29) is 0 Å². The van der Waals surface area contributed by atoms with E-state index in [2.05, 4.69) is 5.32 Å². The number of nitrogens with one attached hydrogen (secondary N) is 1. The van der Waals surface area contributed by atoms with Gasteiger partial charge < -0.3 is 16.2 Å². The number of anilines is 1. The molecule has 0 aromatic heterocycles. The number of nitrogen functional groups attached to an aromatic ring is 1. The van der Waals surface area contributed by atoms with E-state index >= 15 is 0 Å². The van der Waals surface area contributed by atoms with Crippen LogP contribution < -0.4 is 11.1 Å². The van der Waals surface area contributed by atoms with Gasteiger partial charge in [0.25, 0.3) is 0 Å². The molecule has 2 rings (SSSR count). The van der Waals surface area contributed by atoms with Crippen LogP contribution in [0.2, 0.25) is 0 Å². The fourth-order valence-electron chi connectivity index (χ4n) is 2.34. The molecule has 16 heavy (non-hydrogen) atoms. The first kappa shape index (κ1) is 11.4. The van der Waals surface area contributed by atoms with Crippen molar-refractivity contribution in [3.63, 3.8) is 0 Å². The Morgan fingerprint density at radius 2 is 2.38 bits per heavy atom. The highest BCUT2D eigenvalue weighted by Crippen LogP contribution is 2.27. The topological polar surface area (TPSA) is 58.3 Å². The van der Waals surface area contributed by atoms with E-state index in [1.807, 2.05) is 25.1 Å². The summed E-state index contributed by atoms with van der Waals surface area (Å²) in [4.78, 5) is 0. The summed E-state index contributed by atoms with van der Waals surface area (Å²) in [7, 11) is 0. The second-order valence-electron chi connectivity index (χ2n) is 4.68. The van der Waals surface area contributed by atoms with Crippen molar-refractivity contribution in [1.29, 1.82) is 0 Å². The molecule has 1 aliphatic heterocycles. The van der Waals surface area contributed by atoms with Crippen LogP contribution in [0.1, 0.15) is 36.5 Å². The largest absolute Gasteiger partial charge is 0.398 e.